The van der Waals surface area contributed by atoms with E-state index in [2.05, 4.69) is 20.9 Å². The number of aromatic hydroxyl groups is 2. The van der Waals surface area contributed by atoms with Crippen LogP contribution in [0.15, 0.2) is 59.2 Å². The highest BCUT2D eigenvalue weighted by Crippen LogP contribution is 2.39. The number of rotatable bonds is 2. The van der Waals surface area contributed by atoms with Crippen molar-refractivity contribution < 1.29 is 19.0 Å². The van der Waals surface area contributed by atoms with Crippen LogP contribution >= 0.6 is 15.9 Å². The lowest BCUT2D eigenvalue weighted by Crippen LogP contribution is -1.92. The Labute approximate surface area is 155 Å². The standard InChI is InChI=1S/C19H11BrF2N2O2/c20-11-8-10(16(26)9-13(11)22)18-14-5-1-2-7-24(14)19(23-18)17-12(21)4-3-6-15(17)25/h1-9,25-26H. The average Bonchev–Trinajstić information content (AvgIpc) is 2.97. The van der Waals surface area contributed by atoms with Gasteiger partial charge in [-0.2, -0.15) is 0 Å². The van der Waals surface area contributed by atoms with Gasteiger partial charge in [-0.3, -0.25) is 4.40 Å². The second kappa shape index (κ2) is 6.10. The van der Waals surface area contributed by atoms with Crippen LogP contribution in [0.1, 0.15) is 0 Å². The van der Waals surface area contributed by atoms with Crippen LogP contribution in [-0.4, -0.2) is 19.6 Å². The van der Waals surface area contributed by atoms with Crippen molar-refractivity contribution in [2.24, 2.45) is 0 Å². The molecular formula is C19H11BrF2N2O2. The molecule has 130 valence electrons. The van der Waals surface area contributed by atoms with Gasteiger partial charge >= 0.3 is 0 Å². The number of fused-ring (bicyclic) bond motifs is 1. The summed E-state index contributed by atoms with van der Waals surface area (Å²) in [6.45, 7) is 0. The van der Waals surface area contributed by atoms with Crippen LogP contribution in [0, 0.1) is 11.6 Å². The summed E-state index contributed by atoms with van der Waals surface area (Å²) < 4.78 is 29.8. The third-order valence-electron chi connectivity index (χ3n) is 4.06. The van der Waals surface area contributed by atoms with Gasteiger partial charge in [-0.25, -0.2) is 13.8 Å². The zero-order valence-corrected chi connectivity index (χ0v) is 14.7. The average molecular weight is 417 g/mol. The summed E-state index contributed by atoms with van der Waals surface area (Å²) in [5, 5.41) is 20.3. The van der Waals surface area contributed by atoms with E-state index in [9.17, 15) is 19.0 Å². The van der Waals surface area contributed by atoms with E-state index in [0.29, 0.717) is 11.2 Å². The molecule has 0 bridgehead atoms. The quantitative estimate of drug-likeness (QED) is 0.476. The monoisotopic (exact) mass is 416 g/mol. The summed E-state index contributed by atoms with van der Waals surface area (Å²) in [4.78, 5) is 4.44. The van der Waals surface area contributed by atoms with Crippen molar-refractivity contribution in [2.45, 2.75) is 0 Å². The second-order valence-electron chi connectivity index (χ2n) is 5.66. The zero-order valence-electron chi connectivity index (χ0n) is 13.1. The van der Waals surface area contributed by atoms with E-state index in [-0.39, 0.29) is 32.9 Å². The van der Waals surface area contributed by atoms with E-state index in [1.54, 1.807) is 28.8 Å². The topological polar surface area (TPSA) is 57.8 Å². The molecule has 2 aromatic heterocycles. The fraction of sp³-hybridized carbons (Fsp3) is 0. The molecule has 0 radical (unpaired) electrons. The number of halogens is 3. The molecule has 0 fully saturated rings. The van der Waals surface area contributed by atoms with Gasteiger partial charge < -0.3 is 10.2 Å². The number of imidazole rings is 1. The number of aromatic nitrogens is 2. The zero-order chi connectivity index (χ0) is 18.4. The van der Waals surface area contributed by atoms with Crippen LogP contribution < -0.4 is 0 Å². The van der Waals surface area contributed by atoms with Crippen molar-refractivity contribution in [1.82, 2.24) is 9.38 Å². The van der Waals surface area contributed by atoms with Gasteiger partial charge in [-0.05, 0) is 46.3 Å². The molecule has 4 nitrogen and oxygen atoms in total. The molecule has 0 amide bonds. The largest absolute Gasteiger partial charge is 0.507 e. The van der Waals surface area contributed by atoms with Gasteiger partial charge in [0, 0.05) is 17.8 Å². The summed E-state index contributed by atoms with van der Waals surface area (Å²) in [7, 11) is 0. The first-order valence-corrected chi connectivity index (χ1v) is 8.40. The molecule has 0 aliphatic rings. The van der Waals surface area contributed by atoms with Gasteiger partial charge in [0.1, 0.15) is 28.8 Å². The summed E-state index contributed by atoms with van der Waals surface area (Å²) in [6, 6.07) is 11.6. The van der Waals surface area contributed by atoms with E-state index < -0.39 is 11.6 Å². The molecule has 0 spiro atoms. The van der Waals surface area contributed by atoms with Gasteiger partial charge in [-0.15, -0.1) is 0 Å². The minimum atomic E-state index is -0.628. The summed E-state index contributed by atoms with van der Waals surface area (Å²) in [5.74, 6) is -1.61. The first-order chi connectivity index (χ1) is 12.5. The predicted molar refractivity (Wildman–Crippen MR) is 97.0 cm³/mol. The van der Waals surface area contributed by atoms with E-state index in [1.807, 2.05) is 0 Å². The smallest absolute Gasteiger partial charge is 0.152 e. The lowest BCUT2D eigenvalue weighted by molar-refractivity contribution is 0.470. The Bertz CT molecular complexity index is 1140. The van der Waals surface area contributed by atoms with E-state index in [0.717, 1.165) is 6.07 Å². The van der Waals surface area contributed by atoms with Crippen LogP contribution in [-0.2, 0) is 0 Å². The van der Waals surface area contributed by atoms with Crippen molar-refractivity contribution in [3.8, 4) is 34.1 Å². The second-order valence-corrected chi connectivity index (χ2v) is 6.51. The highest BCUT2D eigenvalue weighted by Gasteiger charge is 2.21. The Morgan fingerprint density at radius 3 is 2.50 bits per heavy atom. The van der Waals surface area contributed by atoms with Crippen LogP contribution in [0.2, 0.25) is 0 Å². The normalized spacial score (nSPS) is 11.2. The van der Waals surface area contributed by atoms with Crippen molar-refractivity contribution in [1.29, 1.82) is 0 Å². The molecule has 2 heterocycles. The molecule has 0 saturated heterocycles. The maximum Gasteiger partial charge on any atom is 0.152 e. The number of phenolic OH excluding ortho intramolecular Hbond substituents is 2. The summed E-state index contributed by atoms with van der Waals surface area (Å²) >= 11 is 3.10. The molecule has 26 heavy (non-hydrogen) atoms. The van der Waals surface area contributed by atoms with Gasteiger partial charge in [0.25, 0.3) is 0 Å². The molecule has 7 heteroatoms. The minimum Gasteiger partial charge on any atom is -0.507 e. The predicted octanol–water partition coefficient (Wildman–Crippen LogP) is 5.12. The van der Waals surface area contributed by atoms with E-state index in [1.165, 1.54) is 24.3 Å². The van der Waals surface area contributed by atoms with E-state index in [4.69, 9.17) is 0 Å². The molecule has 0 aliphatic heterocycles. The van der Waals surface area contributed by atoms with E-state index >= 15 is 0 Å². The number of phenols is 2. The molecule has 0 saturated carbocycles. The van der Waals surface area contributed by atoms with Crippen LogP contribution in [0.25, 0.3) is 28.2 Å². The maximum atomic E-state index is 14.4. The number of benzene rings is 2. The fourth-order valence-corrected chi connectivity index (χ4v) is 3.22. The van der Waals surface area contributed by atoms with Crippen molar-refractivity contribution in [2.75, 3.05) is 0 Å². The Morgan fingerprint density at radius 1 is 0.923 bits per heavy atom. The molecule has 0 unspecified atom stereocenters. The molecule has 0 aliphatic carbocycles. The van der Waals surface area contributed by atoms with Gasteiger partial charge in [0.15, 0.2) is 5.82 Å². The Hall–Kier alpha value is -2.93. The SMILES string of the molecule is Oc1cc(F)c(Br)cc1-c1nc(-c2c(O)cccc2F)n2ccccc12. The Kier molecular flexibility index (Phi) is 3.88. The fourth-order valence-electron chi connectivity index (χ4n) is 2.87. The number of hydrogen-bond donors (Lipinski definition) is 2. The summed E-state index contributed by atoms with van der Waals surface area (Å²) in [5.41, 5.74) is 1.13. The van der Waals surface area contributed by atoms with Gasteiger partial charge in [0.05, 0.1) is 15.6 Å². The lowest BCUT2D eigenvalue weighted by atomic mass is 10.1. The number of pyridine rings is 1. The van der Waals surface area contributed by atoms with Crippen LogP contribution in [0.5, 0.6) is 11.5 Å². The third kappa shape index (κ3) is 2.52. The summed E-state index contributed by atoms with van der Waals surface area (Å²) in [6.07, 6.45) is 1.67. The first-order valence-electron chi connectivity index (χ1n) is 7.60. The van der Waals surface area contributed by atoms with Crippen LogP contribution in [0.4, 0.5) is 8.78 Å². The van der Waals surface area contributed by atoms with Crippen LogP contribution in [0.3, 0.4) is 0 Å². The maximum absolute atomic E-state index is 14.4. The first kappa shape index (κ1) is 16.5. The van der Waals surface area contributed by atoms with Crippen molar-refractivity contribution >= 4 is 21.4 Å². The third-order valence-corrected chi connectivity index (χ3v) is 4.67. The molecule has 4 rings (SSSR count). The Morgan fingerprint density at radius 2 is 1.73 bits per heavy atom. The highest BCUT2D eigenvalue weighted by molar-refractivity contribution is 9.10. The molecule has 2 N–H and O–H groups in total. The minimum absolute atomic E-state index is 0.0550. The van der Waals surface area contributed by atoms with Crippen molar-refractivity contribution in [3.05, 3.63) is 70.8 Å². The molecular weight excluding hydrogens is 406 g/mol. The van der Waals surface area contributed by atoms with Gasteiger partial charge in [-0.1, -0.05) is 12.1 Å². The number of nitrogens with zero attached hydrogens (tertiary/aromatic N) is 2. The van der Waals surface area contributed by atoms with Crippen molar-refractivity contribution in [3.63, 3.8) is 0 Å². The highest BCUT2D eigenvalue weighted by atomic mass is 79.9. The molecule has 2 aromatic carbocycles. The number of hydrogen-bond acceptors (Lipinski definition) is 3. The van der Waals surface area contributed by atoms with Gasteiger partial charge in [0.2, 0.25) is 0 Å². The lowest BCUT2D eigenvalue weighted by Gasteiger charge is -2.04. The molecule has 4 aromatic rings. The Balaban J connectivity index is 2.07. The molecule has 0 atom stereocenters.